The first-order chi connectivity index (χ1) is 14.0. The van der Waals surface area contributed by atoms with Gasteiger partial charge in [-0.15, -0.1) is 0 Å². The molecule has 7 nitrogen and oxygen atoms in total. The summed E-state index contributed by atoms with van der Waals surface area (Å²) in [4.78, 5) is 27.7. The number of aryl methyl sites for hydroxylation is 1. The van der Waals surface area contributed by atoms with Crippen molar-refractivity contribution in [2.45, 2.75) is 64.3 Å². The van der Waals surface area contributed by atoms with Crippen LogP contribution in [0.3, 0.4) is 0 Å². The third kappa shape index (κ3) is 5.21. The van der Waals surface area contributed by atoms with Crippen LogP contribution in [0.2, 0.25) is 0 Å². The van der Waals surface area contributed by atoms with Gasteiger partial charge in [0.2, 0.25) is 15.9 Å². The number of unbranched alkanes of at least 4 members (excludes halogenated alkanes) is 1. The molecule has 2 atom stereocenters. The number of nitrogens with zero attached hydrogens (tertiary/aromatic N) is 2. The summed E-state index contributed by atoms with van der Waals surface area (Å²) in [5.74, 6) is -0.477. The van der Waals surface area contributed by atoms with Crippen LogP contribution in [-0.4, -0.2) is 62.7 Å². The van der Waals surface area contributed by atoms with E-state index in [1.165, 1.54) is 20.2 Å². The molecule has 0 spiro atoms. The number of nitrogens with one attached hydrogen (secondary N) is 1. The largest absolute Gasteiger partial charge is 0.356 e. The lowest BCUT2D eigenvalue weighted by Crippen LogP contribution is -2.49. The summed E-state index contributed by atoms with van der Waals surface area (Å²) >= 11 is 0. The molecule has 2 amide bonds. The van der Waals surface area contributed by atoms with Crippen LogP contribution in [0.4, 0.5) is 0 Å². The van der Waals surface area contributed by atoms with E-state index >= 15 is 0 Å². The van der Waals surface area contributed by atoms with E-state index in [1.807, 2.05) is 13.8 Å². The van der Waals surface area contributed by atoms with E-state index in [0.717, 1.165) is 35.6 Å². The Balaban J connectivity index is 2.30. The van der Waals surface area contributed by atoms with Crippen molar-refractivity contribution in [1.82, 2.24) is 14.5 Å². The van der Waals surface area contributed by atoms with Crippen LogP contribution in [0.15, 0.2) is 17.0 Å². The Morgan fingerprint density at radius 3 is 2.47 bits per heavy atom. The molecule has 0 unspecified atom stereocenters. The maximum Gasteiger partial charge on any atom is 0.254 e. The smallest absolute Gasteiger partial charge is 0.254 e. The number of carbonyl (C=O) groups is 2. The zero-order valence-corrected chi connectivity index (χ0v) is 19.8. The van der Waals surface area contributed by atoms with Crippen molar-refractivity contribution in [3.63, 3.8) is 0 Å². The van der Waals surface area contributed by atoms with E-state index in [2.05, 4.69) is 12.2 Å². The van der Waals surface area contributed by atoms with E-state index < -0.39 is 10.0 Å². The Bertz CT molecular complexity index is 896. The summed E-state index contributed by atoms with van der Waals surface area (Å²) in [6.07, 6.45) is 3.43. The molecule has 2 rings (SSSR count). The summed E-state index contributed by atoms with van der Waals surface area (Å²) in [6.45, 7) is 8.61. The Morgan fingerprint density at radius 1 is 1.20 bits per heavy atom. The minimum absolute atomic E-state index is 0.00675. The van der Waals surface area contributed by atoms with Gasteiger partial charge in [-0.3, -0.25) is 9.59 Å². The first kappa shape index (κ1) is 24.3. The highest BCUT2D eigenvalue weighted by Crippen LogP contribution is 2.27. The molecule has 168 valence electrons. The quantitative estimate of drug-likeness (QED) is 0.665. The summed E-state index contributed by atoms with van der Waals surface area (Å²) < 4.78 is 26.6. The molecule has 1 N–H and O–H groups in total. The average Bonchev–Trinajstić information content (AvgIpc) is 2.69. The monoisotopic (exact) mass is 437 g/mol. The predicted octanol–water partition coefficient (Wildman–Crippen LogP) is 2.71. The molecule has 1 aliphatic rings. The van der Waals surface area contributed by atoms with Crippen molar-refractivity contribution in [3.05, 3.63) is 28.8 Å². The highest BCUT2D eigenvalue weighted by atomic mass is 32.2. The number of sulfonamides is 1. The molecule has 1 aromatic rings. The second kappa shape index (κ2) is 9.92. The van der Waals surface area contributed by atoms with E-state index in [4.69, 9.17) is 0 Å². The number of hydrogen-bond donors (Lipinski definition) is 1. The van der Waals surface area contributed by atoms with Gasteiger partial charge >= 0.3 is 0 Å². The first-order valence-electron chi connectivity index (χ1n) is 10.6. The van der Waals surface area contributed by atoms with Crippen LogP contribution in [-0.2, 0) is 14.8 Å². The normalized spacial score (nSPS) is 19.8. The van der Waals surface area contributed by atoms with Gasteiger partial charge in [-0.05, 0) is 63.3 Å². The molecule has 0 bridgehead atoms. The fourth-order valence-electron chi connectivity index (χ4n) is 3.72. The van der Waals surface area contributed by atoms with Crippen molar-refractivity contribution in [2.75, 3.05) is 27.2 Å². The molecule has 0 radical (unpaired) electrons. The van der Waals surface area contributed by atoms with Gasteiger partial charge in [-0.1, -0.05) is 13.3 Å². The minimum atomic E-state index is -3.67. The number of carbonyl (C=O) groups excluding carboxylic acids is 2. The van der Waals surface area contributed by atoms with Crippen molar-refractivity contribution < 1.29 is 18.0 Å². The number of benzene rings is 1. The molecule has 30 heavy (non-hydrogen) atoms. The Kier molecular flexibility index (Phi) is 8.05. The summed E-state index contributed by atoms with van der Waals surface area (Å²) in [5.41, 5.74) is 1.73. The molecule has 1 heterocycles. The Morgan fingerprint density at radius 2 is 1.87 bits per heavy atom. The van der Waals surface area contributed by atoms with Crippen LogP contribution < -0.4 is 5.32 Å². The number of hydrogen-bond acceptors (Lipinski definition) is 4. The highest BCUT2D eigenvalue weighted by Gasteiger charge is 2.34. The maximum atomic E-state index is 13.3. The summed E-state index contributed by atoms with van der Waals surface area (Å²) in [6, 6.07) is 3.20. The van der Waals surface area contributed by atoms with Crippen LogP contribution in [0.25, 0.3) is 0 Å². The van der Waals surface area contributed by atoms with Crippen LogP contribution in [0, 0.1) is 19.8 Å². The number of likely N-dealkylation sites (tertiary alicyclic amines) is 1. The third-order valence-corrected chi connectivity index (χ3v) is 7.91. The van der Waals surface area contributed by atoms with Crippen molar-refractivity contribution in [2.24, 2.45) is 5.92 Å². The lowest BCUT2D eigenvalue weighted by atomic mass is 9.91. The van der Waals surface area contributed by atoms with Crippen LogP contribution >= 0.6 is 0 Å². The molecular formula is C22H35N3O4S. The molecule has 1 saturated heterocycles. The Hall–Kier alpha value is -1.93. The van der Waals surface area contributed by atoms with Crippen molar-refractivity contribution >= 4 is 21.8 Å². The molecule has 1 aromatic carbocycles. The molecule has 1 aliphatic heterocycles. The topological polar surface area (TPSA) is 86.8 Å². The third-order valence-electron chi connectivity index (χ3n) is 5.97. The van der Waals surface area contributed by atoms with E-state index in [-0.39, 0.29) is 28.7 Å². The molecule has 8 heteroatoms. The lowest BCUT2D eigenvalue weighted by Gasteiger charge is -2.37. The maximum absolute atomic E-state index is 13.3. The summed E-state index contributed by atoms with van der Waals surface area (Å²) in [7, 11) is -0.710. The fraction of sp³-hybridized carbons (Fsp3) is 0.636. The first-order valence-corrected chi connectivity index (χ1v) is 12.1. The van der Waals surface area contributed by atoms with Gasteiger partial charge in [0.25, 0.3) is 5.91 Å². The van der Waals surface area contributed by atoms with Crippen molar-refractivity contribution in [1.29, 1.82) is 0 Å². The van der Waals surface area contributed by atoms with Gasteiger partial charge in [0.1, 0.15) is 0 Å². The van der Waals surface area contributed by atoms with E-state index in [9.17, 15) is 18.0 Å². The molecule has 0 aliphatic carbocycles. The number of piperidine rings is 1. The molecule has 1 fully saturated rings. The number of rotatable bonds is 7. The van der Waals surface area contributed by atoms with Gasteiger partial charge in [0, 0.05) is 38.8 Å². The van der Waals surface area contributed by atoms with Crippen LogP contribution in [0.1, 0.15) is 61.0 Å². The van der Waals surface area contributed by atoms with Crippen molar-refractivity contribution in [3.8, 4) is 0 Å². The van der Waals surface area contributed by atoms with Crippen LogP contribution in [0.5, 0.6) is 0 Å². The second-order valence-corrected chi connectivity index (χ2v) is 10.5. The second-order valence-electron chi connectivity index (χ2n) is 8.43. The van der Waals surface area contributed by atoms with E-state index in [0.29, 0.717) is 24.2 Å². The molecule has 0 aromatic heterocycles. The van der Waals surface area contributed by atoms with Gasteiger partial charge in [-0.2, -0.15) is 0 Å². The Labute approximate surface area is 180 Å². The average molecular weight is 438 g/mol. The fourth-order valence-corrected chi connectivity index (χ4v) is 4.93. The number of amides is 2. The lowest BCUT2D eigenvalue weighted by molar-refractivity contribution is -0.126. The zero-order chi connectivity index (χ0) is 22.6. The zero-order valence-electron chi connectivity index (χ0n) is 19.0. The predicted molar refractivity (Wildman–Crippen MR) is 118 cm³/mol. The summed E-state index contributed by atoms with van der Waals surface area (Å²) in [5, 5.41) is 2.96. The SMILES string of the molecule is CCCCNC(=O)[C@@H]1CC[C@@H](C)N(C(=O)c2cc(C)c(C)c(S(=O)(=O)N(C)C)c2)C1. The van der Waals surface area contributed by atoms with Gasteiger partial charge in [0.15, 0.2) is 0 Å². The standard InChI is InChI=1S/C22H35N3O4S/c1-7-8-11-23-21(26)18-10-9-16(3)25(14-18)22(27)19-12-15(2)17(4)20(13-19)30(28,29)24(5)6/h12-13,16,18H,7-11,14H2,1-6H3,(H,23,26)/t16-,18-/m1/s1. The highest BCUT2D eigenvalue weighted by molar-refractivity contribution is 7.89. The van der Waals surface area contributed by atoms with Gasteiger partial charge in [0.05, 0.1) is 10.8 Å². The van der Waals surface area contributed by atoms with Gasteiger partial charge < -0.3 is 10.2 Å². The molecule has 0 saturated carbocycles. The minimum Gasteiger partial charge on any atom is -0.356 e. The van der Waals surface area contributed by atoms with E-state index in [1.54, 1.807) is 17.9 Å². The molecular weight excluding hydrogens is 402 g/mol. The van der Waals surface area contributed by atoms with Gasteiger partial charge in [-0.25, -0.2) is 12.7 Å².